The zero-order valence-corrected chi connectivity index (χ0v) is 40.4. The van der Waals surface area contributed by atoms with Gasteiger partial charge in [0.1, 0.15) is 24.5 Å². The number of nitrogens with zero attached hydrogens (tertiary/aromatic N) is 3. The first-order valence-corrected chi connectivity index (χ1v) is 24.1. The van der Waals surface area contributed by atoms with Gasteiger partial charge in [0, 0.05) is 60.7 Å². The second-order valence-corrected chi connectivity index (χ2v) is 18.4. The summed E-state index contributed by atoms with van der Waals surface area (Å²) in [6.07, 6.45) is 2.62. The van der Waals surface area contributed by atoms with Crippen LogP contribution in [-0.4, -0.2) is 123 Å². The molecule has 1 aliphatic carbocycles. The fourth-order valence-corrected chi connectivity index (χ4v) is 9.78. The summed E-state index contributed by atoms with van der Waals surface area (Å²) in [7, 11) is 0. The van der Waals surface area contributed by atoms with E-state index in [1.807, 2.05) is 0 Å². The van der Waals surface area contributed by atoms with E-state index in [0.717, 1.165) is 17.1 Å². The Hall–Kier alpha value is -8.18. The van der Waals surface area contributed by atoms with Crippen molar-refractivity contribution >= 4 is 64.1 Å². The molecule has 0 spiro atoms. The second kappa shape index (κ2) is 21.9. The summed E-state index contributed by atoms with van der Waals surface area (Å²) in [4.78, 5) is 135. The Morgan fingerprint density at radius 1 is 0.865 bits per heavy atom. The number of carbonyl (C=O) groups excluding carboxylic acids is 9. The number of ether oxygens (including phenoxy) is 1. The van der Waals surface area contributed by atoms with Crippen LogP contribution in [0.2, 0.25) is 0 Å². The third-order valence-electron chi connectivity index (χ3n) is 13.7. The largest absolute Gasteiger partial charge is 0.458 e. The Balaban J connectivity index is 0.894. The van der Waals surface area contributed by atoms with Gasteiger partial charge in [-0.1, -0.05) is 37.3 Å². The van der Waals surface area contributed by atoms with Crippen molar-refractivity contribution in [3.63, 3.8) is 0 Å². The Kier molecular flexibility index (Phi) is 15.4. The maximum atomic E-state index is 15.5. The summed E-state index contributed by atoms with van der Waals surface area (Å²) in [6, 6.07) is 8.37. The number of fused-ring (bicyclic) bond motifs is 5. The van der Waals surface area contributed by atoms with Crippen LogP contribution < -0.4 is 37.5 Å². The average molecular weight is 1020 g/mol. The zero-order chi connectivity index (χ0) is 53.0. The van der Waals surface area contributed by atoms with Crippen molar-refractivity contribution in [3.8, 4) is 11.4 Å². The molecule has 0 saturated carbocycles. The van der Waals surface area contributed by atoms with Crippen molar-refractivity contribution < 1.29 is 62.5 Å². The summed E-state index contributed by atoms with van der Waals surface area (Å²) in [5.41, 5.74) is 1.52. The lowest BCUT2D eigenvalue weighted by Gasteiger charge is -2.31. The summed E-state index contributed by atoms with van der Waals surface area (Å²) in [5.74, 6) is -6.70. The van der Waals surface area contributed by atoms with Gasteiger partial charge < -0.3 is 51.4 Å². The van der Waals surface area contributed by atoms with Gasteiger partial charge in [-0.2, -0.15) is 0 Å². The van der Waals surface area contributed by atoms with Crippen LogP contribution in [0.15, 0.2) is 59.4 Å². The molecule has 8 amide bonds. The molecule has 0 bridgehead atoms. The molecule has 5 heterocycles. The number of aliphatic hydroxyl groups is 2. The highest BCUT2D eigenvalue weighted by Crippen LogP contribution is 2.46. The molecule has 2 aromatic carbocycles. The predicted molar refractivity (Wildman–Crippen MR) is 258 cm³/mol. The smallest absolute Gasteiger partial charge is 0.343 e. The Morgan fingerprint density at radius 2 is 1.54 bits per heavy atom. The number of pyridine rings is 2. The molecule has 0 unspecified atom stereocenters. The second-order valence-electron chi connectivity index (χ2n) is 18.4. The van der Waals surface area contributed by atoms with E-state index in [0.29, 0.717) is 57.4 Å². The van der Waals surface area contributed by atoms with E-state index in [4.69, 9.17) is 9.72 Å². The number of hydrogen-bond donors (Lipinski definition) is 8. The van der Waals surface area contributed by atoms with Gasteiger partial charge in [0.05, 0.1) is 54.7 Å². The molecule has 2 aromatic heterocycles. The van der Waals surface area contributed by atoms with Crippen LogP contribution in [0.3, 0.4) is 0 Å². The van der Waals surface area contributed by atoms with E-state index in [9.17, 15) is 58.2 Å². The van der Waals surface area contributed by atoms with Crippen LogP contribution >= 0.6 is 0 Å². The van der Waals surface area contributed by atoms with Gasteiger partial charge in [-0.05, 0) is 67.3 Å². The lowest BCUT2D eigenvalue weighted by molar-refractivity contribution is -0.172. The maximum Gasteiger partial charge on any atom is 0.343 e. The number of aliphatic hydroxyl groups excluding tert-OH is 1. The van der Waals surface area contributed by atoms with Gasteiger partial charge in [0.25, 0.3) is 17.4 Å². The Labute approximate surface area is 421 Å². The molecule has 4 aromatic rings. The first-order valence-electron chi connectivity index (χ1n) is 24.1. The standard InChI is InChI=1S/C51H54FN9O13/c1-3-51(73)31-19-37-46-29(24-61(37)49(71)30(31)25-74-50(51)72)45-33(12-11-28-26(2)32(52)20-35(59-46)44(28)45)56-41(66)23-55-48(70)36(18-27-8-5-4-6-9-27)58-40(65)22-53-39(64)21-54-47(69)34(15-17-62)57-38(63)10-7-16-60-42(67)13-14-43(60)68/h4-6,8-9,13-14,19-20,33-34,36,62,73H,3,7,10-12,15-18,21-25H2,1-2H3,(H,53,64)(H,54,69)(H,55,70)(H,56,66)(H,57,63)(H,58,65)/t33-,34-,36-,51-/m0/s1. The van der Waals surface area contributed by atoms with E-state index in [1.165, 1.54) is 10.6 Å². The van der Waals surface area contributed by atoms with Gasteiger partial charge in [-0.25, -0.2) is 14.2 Å². The molecule has 8 N–H and O–H groups in total. The summed E-state index contributed by atoms with van der Waals surface area (Å²) in [5, 5.41) is 36.8. The van der Waals surface area contributed by atoms with E-state index < -0.39 is 115 Å². The van der Waals surface area contributed by atoms with Crippen molar-refractivity contribution in [1.82, 2.24) is 46.4 Å². The van der Waals surface area contributed by atoms with E-state index in [-0.39, 0.29) is 68.4 Å². The first kappa shape index (κ1) is 52.2. The number of carbonyl (C=O) groups is 9. The normalized spacial score (nSPS) is 17.9. The molecule has 23 heteroatoms. The number of rotatable bonds is 20. The van der Waals surface area contributed by atoms with Gasteiger partial charge in [0.15, 0.2) is 5.60 Å². The molecule has 22 nitrogen and oxygen atoms in total. The third-order valence-corrected chi connectivity index (χ3v) is 13.7. The highest BCUT2D eigenvalue weighted by Gasteiger charge is 2.46. The van der Waals surface area contributed by atoms with Crippen LogP contribution in [0, 0.1) is 12.7 Å². The Morgan fingerprint density at radius 3 is 2.24 bits per heavy atom. The minimum atomic E-state index is -2.07. The average Bonchev–Trinajstić information content (AvgIpc) is 3.92. The maximum absolute atomic E-state index is 15.5. The number of nitrogens with one attached hydrogen (secondary N) is 6. The number of halogens is 1. The number of hydrogen-bond acceptors (Lipinski definition) is 14. The van der Waals surface area contributed by atoms with Gasteiger partial charge in [0.2, 0.25) is 35.4 Å². The highest BCUT2D eigenvalue weighted by molar-refractivity contribution is 6.13. The lowest BCUT2D eigenvalue weighted by Crippen LogP contribution is -2.53. The van der Waals surface area contributed by atoms with E-state index in [2.05, 4.69) is 31.9 Å². The molecule has 74 heavy (non-hydrogen) atoms. The van der Waals surface area contributed by atoms with Gasteiger partial charge in [-0.3, -0.25) is 48.1 Å². The first-order chi connectivity index (χ1) is 35.4. The molecule has 4 aliphatic rings. The molecule has 0 fully saturated rings. The number of cyclic esters (lactones) is 1. The lowest BCUT2D eigenvalue weighted by atomic mass is 9.81. The number of benzene rings is 2. The van der Waals surface area contributed by atoms with Crippen LogP contribution in [0.5, 0.6) is 0 Å². The SMILES string of the molecule is CC[C@@]1(O)C(=O)OCc2c1cc1n(c2=O)Cc2c-1nc1cc(F)c(C)c3c1c2[C@@H](NC(=O)CNC(=O)[C@H](Cc1ccccc1)NC(=O)CNC(=O)CNC(=O)[C@H](CCO)NC(=O)CCCN1C(=O)C=CC1=O)CC3. The van der Waals surface area contributed by atoms with Crippen LogP contribution in [0.25, 0.3) is 22.3 Å². The third kappa shape index (κ3) is 10.6. The summed E-state index contributed by atoms with van der Waals surface area (Å²) < 4.78 is 22.1. The minimum Gasteiger partial charge on any atom is -0.458 e. The van der Waals surface area contributed by atoms with Crippen LogP contribution in [-0.2, 0) is 79.5 Å². The molecule has 8 rings (SSSR count). The van der Waals surface area contributed by atoms with E-state index in [1.54, 1.807) is 50.2 Å². The monoisotopic (exact) mass is 1020 g/mol. The van der Waals surface area contributed by atoms with E-state index >= 15 is 4.39 Å². The molecular weight excluding hydrogens is 966 g/mol. The molecule has 388 valence electrons. The van der Waals surface area contributed by atoms with Crippen molar-refractivity contribution in [2.45, 2.75) is 95.7 Å². The highest BCUT2D eigenvalue weighted by atomic mass is 19.1. The Bertz CT molecular complexity index is 3090. The topological polar surface area (TPSA) is 314 Å². The molecular formula is C51H54FN9O13. The number of aryl methyl sites for hydroxylation is 1. The number of aromatic nitrogens is 2. The predicted octanol–water partition coefficient (Wildman–Crippen LogP) is -0.721. The van der Waals surface area contributed by atoms with Crippen molar-refractivity contribution in [2.75, 3.05) is 32.8 Å². The summed E-state index contributed by atoms with van der Waals surface area (Å²) in [6.45, 7) is 0.649. The fourth-order valence-electron chi connectivity index (χ4n) is 9.78. The molecule has 0 radical (unpaired) electrons. The molecule has 4 atom stereocenters. The van der Waals surface area contributed by atoms with Crippen LogP contribution in [0.1, 0.15) is 84.0 Å². The number of imide groups is 1. The van der Waals surface area contributed by atoms with Crippen molar-refractivity contribution in [3.05, 3.63) is 110 Å². The van der Waals surface area contributed by atoms with Crippen LogP contribution in [0.4, 0.5) is 4.39 Å². The molecule has 0 saturated heterocycles. The van der Waals surface area contributed by atoms with Crippen molar-refractivity contribution in [2.24, 2.45) is 0 Å². The number of amides is 8. The number of esters is 1. The quantitative estimate of drug-likeness (QED) is 0.0353. The van der Waals surface area contributed by atoms with Crippen molar-refractivity contribution in [1.29, 1.82) is 0 Å². The summed E-state index contributed by atoms with van der Waals surface area (Å²) >= 11 is 0. The molecule has 3 aliphatic heterocycles. The minimum absolute atomic E-state index is 0.0104. The van der Waals surface area contributed by atoms with Gasteiger partial charge in [-0.15, -0.1) is 0 Å². The van der Waals surface area contributed by atoms with Gasteiger partial charge >= 0.3 is 5.97 Å². The zero-order valence-electron chi connectivity index (χ0n) is 40.4. The fraction of sp³-hybridized carbons (Fsp3) is 0.392.